The smallest absolute Gasteiger partial charge is 0.337 e. The van der Waals surface area contributed by atoms with E-state index in [1.165, 1.54) is 7.11 Å². The van der Waals surface area contributed by atoms with E-state index in [2.05, 4.69) is 15.5 Å². The highest BCUT2D eigenvalue weighted by atomic mass is 16.5. The van der Waals surface area contributed by atoms with Crippen LogP contribution in [0.15, 0.2) is 35.1 Å². The van der Waals surface area contributed by atoms with Gasteiger partial charge in [0.15, 0.2) is 0 Å². The Hall–Kier alpha value is -2.89. The van der Waals surface area contributed by atoms with Gasteiger partial charge in [-0.05, 0) is 12.1 Å². The molecule has 0 fully saturated rings. The van der Waals surface area contributed by atoms with Crippen LogP contribution >= 0.6 is 0 Å². The van der Waals surface area contributed by atoms with Crippen LogP contribution in [0.3, 0.4) is 0 Å². The molecule has 3 rings (SSSR count). The summed E-state index contributed by atoms with van der Waals surface area (Å²) in [5.74, 6) is -0.413. The number of anilines is 1. The SMILES string of the molecule is COC(=O)c1cccc(-c2n[nH]c(=O)c3c2C=CCN3)c1. The van der Waals surface area contributed by atoms with Crippen LogP contribution in [-0.4, -0.2) is 29.8 Å². The normalized spacial score (nSPS) is 12.4. The van der Waals surface area contributed by atoms with Crippen LogP contribution in [-0.2, 0) is 4.74 Å². The van der Waals surface area contributed by atoms with Gasteiger partial charge >= 0.3 is 5.97 Å². The summed E-state index contributed by atoms with van der Waals surface area (Å²) in [7, 11) is 1.34. The predicted octanol–water partition coefficient (Wildman–Crippen LogP) is 1.66. The van der Waals surface area contributed by atoms with Crippen LogP contribution in [0.1, 0.15) is 15.9 Å². The molecule has 0 unspecified atom stereocenters. The summed E-state index contributed by atoms with van der Waals surface area (Å²) in [6.45, 7) is 0.599. The number of hydrogen-bond donors (Lipinski definition) is 2. The van der Waals surface area contributed by atoms with E-state index in [-0.39, 0.29) is 5.56 Å². The van der Waals surface area contributed by atoms with Crippen molar-refractivity contribution in [3.05, 3.63) is 51.8 Å². The molecule has 21 heavy (non-hydrogen) atoms. The number of fused-ring (bicyclic) bond motifs is 1. The first-order chi connectivity index (χ1) is 10.2. The van der Waals surface area contributed by atoms with E-state index in [0.717, 1.165) is 5.56 Å². The number of carbonyl (C=O) groups excluding carboxylic acids is 1. The maximum Gasteiger partial charge on any atom is 0.337 e. The summed E-state index contributed by atoms with van der Waals surface area (Å²) in [6.07, 6.45) is 3.77. The Balaban J connectivity index is 2.16. The number of aromatic amines is 1. The molecule has 6 heteroatoms. The van der Waals surface area contributed by atoms with Gasteiger partial charge in [-0.15, -0.1) is 0 Å². The lowest BCUT2D eigenvalue weighted by molar-refractivity contribution is 0.0601. The zero-order chi connectivity index (χ0) is 14.8. The van der Waals surface area contributed by atoms with E-state index in [0.29, 0.717) is 29.1 Å². The first kappa shape index (κ1) is 13.1. The van der Waals surface area contributed by atoms with Crippen LogP contribution in [0.25, 0.3) is 17.3 Å². The molecule has 2 aromatic rings. The summed E-state index contributed by atoms with van der Waals surface area (Å²) in [6, 6.07) is 6.94. The minimum atomic E-state index is -0.413. The third-order valence-electron chi connectivity index (χ3n) is 3.26. The maximum absolute atomic E-state index is 11.8. The van der Waals surface area contributed by atoms with Crippen LogP contribution in [0.4, 0.5) is 5.69 Å². The van der Waals surface area contributed by atoms with Crippen LogP contribution in [0.2, 0.25) is 0 Å². The Morgan fingerprint density at radius 2 is 2.24 bits per heavy atom. The molecule has 1 aromatic carbocycles. The van der Waals surface area contributed by atoms with Crippen LogP contribution < -0.4 is 10.9 Å². The molecular formula is C15H13N3O3. The van der Waals surface area contributed by atoms with Gasteiger partial charge in [0.25, 0.3) is 5.56 Å². The van der Waals surface area contributed by atoms with E-state index in [1.807, 2.05) is 18.2 Å². The van der Waals surface area contributed by atoms with E-state index < -0.39 is 5.97 Å². The molecule has 1 aromatic heterocycles. The zero-order valence-electron chi connectivity index (χ0n) is 11.3. The number of benzene rings is 1. The fourth-order valence-electron chi connectivity index (χ4n) is 2.27. The number of nitrogens with one attached hydrogen (secondary N) is 2. The van der Waals surface area contributed by atoms with Gasteiger partial charge in [0.05, 0.1) is 12.7 Å². The standard InChI is InChI=1S/C15H13N3O3/c1-21-15(20)10-5-2-4-9(8-10)12-11-6-3-7-16-13(11)14(19)18-17-12/h2-6,8,16H,7H2,1H3,(H,18,19). The maximum atomic E-state index is 11.8. The average Bonchev–Trinajstić information content (AvgIpc) is 2.55. The average molecular weight is 283 g/mol. The molecule has 106 valence electrons. The van der Waals surface area contributed by atoms with Crippen molar-refractivity contribution in [2.45, 2.75) is 0 Å². The van der Waals surface area contributed by atoms with E-state index >= 15 is 0 Å². The minimum absolute atomic E-state index is 0.262. The summed E-state index contributed by atoms with van der Waals surface area (Å²) in [5.41, 5.74) is 2.72. The molecule has 0 spiro atoms. The second kappa shape index (κ2) is 5.24. The number of hydrogen-bond acceptors (Lipinski definition) is 5. The number of ether oxygens (including phenoxy) is 1. The number of methoxy groups -OCH3 is 1. The highest BCUT2D eigenvalue weighted by Gasteiger charge is 2.16. The third-order valence-corrected chi connectivity index (χ3v) is 3.26. The highest BCUT2D eigenvalue weighted by molar-refractivity contribution is 5.91. The van der Waals surface area contributed by atoms with Gasteiger partial charge in [-0.2, -0.15) is 5.10 Å². The van der Waals surface area contributed by atoms with Crippen molar-refractivity contribution in [1.29, 1.82) is 0 Å². The number of nitrogens with zero attached hydrogens (tertiary/aromatic N) is 1. The summed E-state index contributed by atoms with van der Waals surface area (Å²) >= 11 is 0. The minimum Gasteiger partial charge on any atom is -0.465 e. The first-order valence-corrected chi connectivity index (χ1v) is 6.42. The van der Waals surface area contributed by atoms with Gasteiger partial charge in [-0.25, -0.2) is 9.89 Å². The molecule has 1 aliphatic rings. The van der Waals surface area contributed by atoms with Crippen LogP contribution in [0.5, 0.6) is 0 Å². The van der Waals surface area contributed by atoms with Gasteiger partial charge in [0, 0.05) is 17.7 Å². The molecule has 0 radical (unpaired) electrons. The Labute approximate surface area is 120 Å². The van der Waals surface area contributed by atoms with Gasteiger partial charge in [0.2, 0.25) is 0 Å². The molecule has 0 saturated heterocycles. The van der Waals surface area contributed by atoms with Gasteiger partial charge in [-0.1, -0.05) is 24.3 Å². The van der Waals surface area contributed by atoms with E-state index in [9.17, 15) is 9.59 Å². The Morgan fingerprint density at radius 1 is 1.38 bits per heavy atom. The van der Waals surface area contributed by atoms with Crippen molar-refractivity contribution >= 4 is 17.7 Å². The Kier molecular flexibility index (Phi) is 3.27. The summed E-state index contributed by atoms with van der Waals surface area (Å²) in [5, 5.41) is 9.61. The van der Waals surface area contributed by atoms with E-state index in [4.69, 9.17) is 4.74 Å². The fourth-order valence-corrected chi connectivity index (χ4v) is 2.27. The number of aromatic nitrogens is 2. The van der Waals surface area contributed by atoms with Crippen molar-refractivity contribution in [2.24, 2.45) is 0 Å². The topological polar surface area (TPSA) is 84.1 Å². The number of esters is 1. The van der Waals surface area contributed by atoms with Crippen molar-refractivity contribution < 1.29 is 9.53 Å². The highest BCUT2D eigenvalue weighted by Crippen LogP contribution is 2.28. The Bertz CT molecular complexity index is 793. The molecule has 0 aliphatic carbocycles. The molecule has 0 saturated carbocycles. The quantitative estimate of drug-likeness (QED) is 0.819. The molecule has 0 bridgehead atoms. The molecule has 0 amide bonds. The number of carbonyl (C=O) groups is 1. The Morgan fingerprint density at radius 3 is 3.05 bits per heavy atom. The lowest BCUT2D eigenvalue weighted by Crippen LogP contribution is -2.20. The van der Waals surface area contributed by atoms with Crippen LogP contribution in [0, 0.1) is 0 Å². The lowest BCUT2D eigenvalue weighted by Gasteiger charge is -2.14. The van der Waals surface area contributed by atoms with Crippen molar-refractivity contribution in [1.82, 2.24) is 10.2 Å². The van der Waals surface area contributed by atoms with Crippen molar-refractivity contribution in [3.63, 3.8) is 0 Å². The summed E-state index contributed by atoms with van der Waals surface area (Å²) in [4.78, 5) is 23.4. The van der Waals surface area contributed by atoms with E-state index in [1.54, 1.807) is 18.2 Å². The monoisotopic (exact) mass is 283 g/mol. The van der Waals surface area contributed by atoms with Gasteiger partial charge < -0.3 is 10.1 Å². The van der Waals surface area contributed by atoms with Gasteiger partial charge in [-0.3, -0.25) is 4.79 Å². The van der Waals surface area contributed by atoms with Crippen molar-refractivity contribution in [2.75, 3.05) is 19.0 Å². The molecule has 0 atom stereocenters. The number of rotatable bonds is 2. The molecule has 1 aliphatic heterocycles. The molecule has 2 N–H and O–H groups in total. The second-order valence-electron chi connectivity index (χ2n) is 4.55. The zero-order valence-corrected chi connectivity index (χ0v) is 11.3. The largest absolute Gasteiger partial charge is 0.465 e. The summed E-state index contributed by atoms with van der Waals surface area (Å²) < 4.78 is 4.72. The fraction of sp³-hybridized carbons (Fsp3) is 0.133. The van der Waals surface area contributed by atoms with Crippen molar-refractivity contribution in [3.8, 4) is 11.3 Å². The lowest BCUT2D eigenvalue weighted by atomic mass is 10.0. The molecule has 6 nitrogen and oxygen atoms in total. The first-order valence-electron chi connectivity index (χ1n) is 6.42. The molecule has 2 heterocycles. The predicted molar refractivity (Wildman–Crippen MR) is 79.2 cm³/mol. The molecular weight excluding hydrogens is 270 g/mol. The second-order valence-corrected chi connectivity index (χ2v) is 4.55. The third kappa shape index (κ3) is 2.31. The van der Waals surface area contributed by atoms with Gasteiger partial charge in [0.1, 0.15) is 11.4 Å². The number of H-pyrrole nitrogens is 1.